The van der Waals surface area contributed by atoms with Crippen LogP contribution in [-0.4, -0.2) is 24.3 Å². The molecule has 2 aliphatic rings. The molecule has 1 saturated heterocycles. The SMILES string of the molecule is O=C1OC2=CCCNC2C1=O. The standard InChI is InChI=1S/C7H7NO3/c9-6-5-4(11-7(6)10)2-1-3-8-5/h2,5,8H,1,3H2. The minimum Gasteiger partial charge on any atom is -0.423 e. The number of rotatable bonds is 0. The maximum atomic E-state index is 11.0. The molecule has 4 heteroatoms. The lowest BCUT2D eigenvalue weighted by Gasteiger charge is -2.13. The number of nitrogens with one attached hydrogen (secondary N) is 1. The molecular weight excluding hydrogens is 146 g/mol. The molecular formula is C7H7NO3. The van der Waals surface area contributed by atoms with Crippen molar-refractivity contribution in [2.24, 2.45) is 0 Å². The third-order valence-corrected chi connectivity index (χ3v) is 1.80. The molecule has 1 N–H and O–H groups in total. The normalized spacial score (nSPS) is 29.5. The Morgan fingerprint density at radius 3 is 3.09 bits per heavy atom. The van der Waals surface area contributed by atoms with Crippen LogP contribution in [0.1, 0.15) is 6.42 Å². The van der Waals surface area contributed by atoms with Crippen LogP contribution in [0.4, 0.5) is 0 Å². The zero-order valence-electron chi connectivity index (χ0n) is 5.79. The number of hydrogen-bond donors (Lipinski definition) is 1. The van der Waals surface area contributed by atoms with Crippen LogP contribution in [0.3, 0.4) is 0 Å². The minimum atomic E-state index is -0.740. The molecule has 0 aromatic carbocycles. The Hall–Kier alpha value is -1.16. The number of ether oxygens (including phenoxy) is 1. The quantitative estimate of drug-likeness (QED) is 0.371. The summed E-state index contributed by atoms with van der Waals surface area (Å²) in [5, 5.41) is 2.90. The number of carbonyl (C=O) groups is 2. The van der Waals surface area contributed by atoms with Gasteiger partial charge in [-0.1, -0.05) is 0 Å². The fourth-order valence-corrected chi connectivity index (χ4v) is 1.26. The molecule has 58 valence electrons. The molecule has 0 amide bonds. The van der Waals surface area contributed by atoms with Gasteiger partial charge in [0.15, 0.2) is 0 Å². The van der Waals surface area contributed by atoms with E-state index in [2.05, 4.69) is 10.1 Å². The number of esters is 1. The maximum absolute atomic E-state index is 11.0. The van der Waals surface area contributed by atoms with Gasteiger partial charge in [-0.25, -0.2) is 4.79 Å². The van der Waals surface area contributed by atoms with Gasteiger partial charge in [0.2, 0.25) is 0 Å². The Kier molecular flexibility index (Phi) is 1.29. The Balaban J connectivity index is 2.33. The van der Waals surface area contributed by atoms with E-state index >= 15 is 0 Å². The van der Waals surface area contributed by atoms with E-state index in [0.717, 1.165) is 13.0 Å². The third-order valence-electron chi connectivity index (χ3n) is 1.80. The van der Waals surface area contributed by atoms with E-state index in [1.807, 2.05) is 0 Å². The largest absolute Gasteiger partial charge is 0.423 e. The van der Waals surface area contributed by atoms with Crippen LogP contribution >= 0.6 is 0 Å². The first kappa shape index (κ1) is 6.54. The Morgan fingerprint density at radius 2 is 2.36 bits per heavy atom. The van der Waals surface area contributed by atoms with Crippen molar-refractivity contribution in [3.63, 3.8) is 0 Å². The predicted octanol–water partition coefficient (Wildman–Crippen LogP) is -0.642. The van der Waals surface area contributed by atoms with Crippen molar-refractivity contribution in [3.8, 4) is 0 Å². The van der Waals surface area contributed by atoms with Crippen molar-refractivity contribution in [3.05, 3.63) is 11.8 Å². The number of fused-ring (bicyclic) bond motifs is 1. The molecule has 4 nitrogen and oxygen atoms in total. The summed E-state index contributed by atoms with van der Waals surface area (Å²) < 4.78 is 4.69. The average molecular weight is 153 g/mol. The molecule has 1 atom stereocenters. The molecule has 2 rings (SSSR count). The molecule has 2 heterocycles. The number of carbonyl (C=O) groups excluding carboxylic acids is 2. The lowest BCUT2D eigenvalue weighted by atomic mass is 10.1. The first-order chi connectivity index (χ1) is 5.29. The summed E-state index contributed by atoms with van der Waals surface area (Å²) in [5.74, 6) is -0.738. The van der Waals surface area contributed by atoms with Gasteiger partial charge in [-0.05, 0) is 19.0 Å². The zero-order valence-corrected chi connectivity index (χ0v) is 5.79. The van der Waals surface area contributed by atoms with Crippen molar-refractivity contribution in [2.45, 2.75) is 12.5 Å². The van der Waals surface area contributed by atoms with E-state index in [-0.39, 0.29) is 0 Å². The molecule has 0 saturated carbocycles. The van der Waals surface area contributed by atoms with E-state index < -0.39 is 17.8 Å². The van der Waals surface area contributed by atoms with Gasteiger partial charge in [-0.3, -0.25) is 4.79 Å². The summed E-state index contributed by atoms with van der Waals surface area (Å²) in [6, 6.07) is -0.490. The summed E-state index contributed by atoms with van der Waals surface area (Å²) >= 11 is 0. The van der Waals surface area contributed by atoms with E-state index in [1.54, 1.807) is 6.08 Å². The Morgan fingerprint density at radius 1 is 1.55 bits per heavy atom. The van der Waals surface area contributed by atoms with Crippen molar-refractivity contribution in [1.29, 1.82) is 0 Å². The van der Waals surface area contributed by atoms with Gasteiger partial charge < -0.3 is 10.1 Å². The molecule has 0 bridgehead atoms. The van der Waals surface area contributed by atoms with Crippen LogP contribution < -0.4 is 5.32 Å². The molecule has 11 heavy (non-hydrogen) atoms. The zero-order chi connectivity index (χ0) is 7.84. The highest BCUT2D eigenvalue weighted by molar-refractivity contribution is 6.38. The highest BCUT2D eigenvalue weighted by atomic mass is 16.6. The van der Waals surface area contributed by atoms with Crippen molar-refractivity contribution in [1.82, 2.24) is 5.32 Å². The average Bonchev–Trinajstić information content (AvgIpc) is 2.30. The van der Waals surface area contributed by atoms with Crippen molar-refractivity contribution < 1.29 is 14.3 Å². The molecule has 0 spiro atoms. The monoisotopic (exact) mass is 153 g/mol. The van der Waals surface area contributed by atoms with Gasteiger partial charge >= 0.3 is 5.97 Å². The predicted molar refractivity (Wildman–Crippen MR) is 35.6 cm³/mol. The molecule has 0 aromatic rings. The lowest BCUT2D eigenvalue weighted by molar-refractivity contribution is -0.145. The summed E-state index contributed by atoms with van der Waals surface area (Å²) in [7, 11) is 0. The molecule has 0 aromatic heterocycles. The van der Waals surface area contributed by atoms with Crippen molar-refractivity contribution in [2.75, 3.05) is 6.54 Å². The maximum Gasteiger partial charge on any atom is 0.381 e. The van der Waals surface area contributed by atoms with Crippen LogP contribution in [0.5, 0.6) is 0 Å². The second-order valence-electron chi connectivity index (χ2n) is 2.54. The molecule has 2 aliphatic heterocycles. The molecule has 0 radical (unpaired) electrons. The summed E-state index contributed by atoms with van der Waals surface area (Å²) in [4.78, 5) is 21.6. The van der Waals surface area contributed by atoms with Gasteiger partial charge in [0.1, 0.15) is 11.8 Å². The number of Topliss-reactive ketones (excluding diaryl/α,β-unsaturated/α-hetero) is 1. The van der Waals surface area contributed by atoms with Crippen LogP contribution in [0.25, 0.3) is 0 Å². The fraction of sp³-hybridized carbons (Fsp3) is 0.429. The Labute approximate surface area is 63.2 Å². The van der Waals surface area contributed by atoms with Gasteiger partial charge in [0.25, 0.3) is 5.78 Å². The van der Waals surface area contributed by atoms with Gasteiger partial charge in [0, 0.05) is 0 Å². The topological polar surface area (TPSA) is 55.4 Å². The van der Waals surface area contributed by atoms with E-state index in [4.69, 9.17) is 0 Å². The lowest BCUT2D eigenvalue weighted by Crippen LogP contribution is -2.38. The first-order valence-electron chi connectivity index (χ1n) is 3.48. The van der Waals surface area contributed by atoms with Crippen LogP contribution in [0, 0.1) is 0 Å². The first-order valence-corrected chi connectivity index (χ1v) is 3.48. The highest BCUT2D eigenvalue weighted by Gasteiger charge is 2.40. The van der Waals surface area contributed by atoms with Crippen molar-refractivity contribution >= 4 is 11.8 Å². The second kappa shape index (κ2) is 2.17. The highest BCUT2D eigenvalue weighted by Crippen LogP contribution is 2.18. The van der Waals surface area contributed by atoms with Crippen LogP contribution in [0.15, 0.2) is 11.8 Å². The van der Waals surface area contributed by atoms with E-state index in [1.165, 1.54) is 0 Å². The fourth-order valence-electron chi connectivity index (χ4n) is 1.26. The van der Waals surface area contributed by atoms with Crippen LogP contribution in [0.2, 0.25) is 0 Å². The second-order valence-corrected chi connectivity index (χ2v) is 2.54. The third kappa shape index (κ3) is 0.867. The number of hydrogen-bond acceptors (Lipinski definition) is 4. The molecule has 1 fully saturated rings. The van der Waals surface area contributed by atoms with E-state index in [0.29, 0.717) is 5.76 Å². The van der Waals surface area contributed by atoms with Gasteiger partial charge in [0.05, 0.1) is 0 Å². The number of ketones is 1. The smallest absolute Gasteiger partial charge is 0.381 e. The van der Waals surface area contributed by atoms with Crippen LogP contribution in [-0.2, 0) is 14.3 Å². The van der Waals surface area contributed by atoms with Gasteiger partial charge in [-0.2, -0.15) is 0 Å². The summed E-state index contributed by atoms with van der Waals surface area (Å²) in [5.41, 5.74) is 0. The van der Waals surface area contributed by atoms with Gasteiger partial charge in [-0.15, -0.1) is 0 Å². The molecule has 1 unspecified atom stereocenters. The summed E-state index contributed by atoms with van der Waals surface area (Å²) in [6.45, 7) is 0.733. The Bertz CT molecular complexity index is 256. The molecule has 0 aliphatic carbocycles. The minimum absolute atomic E-state index is 0.476. The van der Waals surface area contributed by atoms with E-state index in [9.17, 15) is 9.59 Å². The summed E-state index contributed by atoms with van der Waals surface area (Å²) in [6.07, 6.45) is 2.59.